The number of hydrogen-bond acceptors (Lipinski definition) is 4. The van der Waals surface area contributed by atoms with Gasteiger partial charge in [0.15, 0.2) is 0 Å². The molecule has 0 atom stereocenters. The molecule has 124 valence electrons. The van der Waals surface area contributed by atoms with Crippen LogP contribution in [0.2, 0.25) is 0 Å². The molecule has 2 N–H and O–H groups in total. The zero-order chi connectivity index (χ0) is 16.9. The van der Waals surface area contributed by atoms with Gasteiger partial charge in [-0.05, 0) is 42.1 Å². The predicted octanol–water partition coefficient (Wildman–Crippen LogP) is 3.06. The number of methoxy groups -OCH3 is 1. The van der Waals surface area contributed by atoms with Gasteiger partial charge in [-0.2, -0.15) is 0 Å². The van der Waals surface area contributed by atoms with E-state index in [4.69, 9.17) is 15.2 Å². The van der Waals surface area contributed by atoms with Crippen LogP contribution in [0.25, 0.3) is 10.8 Å². The van der Waals surface area contributed by atoms with Crippen LogP contribution in [0.1, 0.15) is 6.42 Å². The first-order chi connectivity index (χ1) is 11.7. The minimum Gasteiger partial charge on any atom is -0.497 e. The van der Waals surface area contributed by atoms with E-state index in [0.29, 0.717) is 30.0 Å². The Hall–Kier alpha value is -2.95. The van der Waals surface area contributed by atoms with Crippen LogP contribution in [-0.4, -0.2) is 18.3 Å². The number of nitrogens with two attached hydrogens (primary N) is 1. The molecule has 3 rings (SSSR count). The Morgan fingerprint density at radius 2 is 1.96 bits per heavy atom. The molecule has 0 amide bonds. The Morgan fingerprint density at radius 1 is 1.08 bits per heavy atom. The average molecular weight is 324 g/mol. The summed E-state index contributed by atoms with van der Waals surface area (Å²) in [6, 6.07) is 14.8. The zero-order valence-corrected chi connectivity index (χ0v) is 13.6. The highest BCUT2D eigenvalue weighted by atomic mass is 16.5. The molecule has 0 aliphatic rings. The number of anilines is 1. The first-order valence-electron chi connectivity index (χ1n) is 7.83. The third-order valence-electron chi connectivity index (χ3n) is 3.86. The van der Waals surface area contributed by atoms with E-state index in [-0.39, 0.29) is 5.56 Å². The van der Waals surface area contributed by atoms with Gasteiger partial charge in [0, 0.05) is 24.5 Å². The summed E-state index contributed by atoms with van der Waals surface area (Å²) in [6.45, 7) is 1.11. The van der Waals surface area contributed by atoms with Crippen molar-refractivity contribution in [2.24, 2.45) is 0 Å². The van der Waals surface area contributed by atoms with E-state index in [1.54, 1.807) is 23.8 Å². The monoisotopic (exact) mass is 324 g/mol. The lowest BCUT2D eigenvalue weighted by molar-refractivity contribution is 0.301. The van der Waals surface area contributed by atoms with Gasteiger partial charge in [0.2, 0.25) is 0 Å². The summed E-state index contributed by atoms with van der Waals surface area (Å²) < 4.78 is 12.6. The summed E-state index contributed by atoms with van der Waals surface area (Å²) in [5.41, 5.74) is 6.37. The first kappa shape index (κ1) is 15.9. The molecule has 0 radical (unpaired) electrons. The summed E-state index contributed by atoms with van der Waals surface area (Å²) >= 11 is 0. The molecule has 0 unspecified atom stereocenters. The maximum absolute atomic E-state index is 12.6. The Labute approximate surface area is 140 Å². The lowest BCUT2D eigenvalue weighted by atomic mass is 10.1. The number of ether oxygens (including phenoxy) is 2. The van der Waals surface area contributed by atoms with E-state index in [2.05, 4.69) is 0 Å². The minimum atomic E-state index is -0.0182. The van der Waals surface area contributed by atoms with Crippen molar-refractivity contribution >= 4 is 16.5 Å². The van der Waals surface area contributed by atoms with Crippen molar-refractivity contribution in [1.29, 1.82) is 0 Å². The van der Waals surface area contributed by atoms with Crippen LogP contribution in [0.5, 0.6) is 11.5 Å². The fourth-order valence-corrected chi connectivity index (χ4v) is 2.59. The molecule has 0 saturated heterocycles. The molecule has 1 aromatic heterocycles. The largest absolute Gasteiger partial charge is 0.497 e. The number of rotatable bonds is 6. The third-order valence-corrected chi connectivity index (χ3v) is 3.86. The Kier molecular flexibility index (Phi) is 4.70. The third kappa shape index (κ3) is 3.51. The Morgan fingerprint density at radius 3 is 2.75 bits per heavy atom. The SMILES string of the molecule is COc1ccc2ccn(CCCOc3cccc(N)c3)c(=O)c2c1. The molecule has 0 fully saturated rings. The fourth-order valence-electron chi connectivity index (χ4n) is 2.59. The topological polar surface area (TPSA) is 66.5 Å². The van der Waals surface area contributed by atoms with Gasteiger partial charge in [0.05, 0.1) is 19.1 Å². The molecule has 24 heavy (non-hydrogen) atoms. The highest BCUT2D eigenvalue weighted by Gasteiger charge is 2.04. The van der Waals surface area contributed by atoms with Crippen molar-refractivity contribution < 1.29 is 9.47 Å². The van der Waals surface area contributed by atoms with E-state index in [9.17, 15) is 4.79 Å². The number of nitrogen functional groups attached to an aromatic ring is 1. The van der Waals surface area contributed by atoms with Crippen molar-refractivity contribution in [2.75, 3.05) is 19.5 Å². The van der Waals surface area contributed by atoms with Crippen LogP contribution in [0.3, 0.4) is 0 Å². The van der Waals surface area contributed by atoms with Crippen LogP contribution in [0, 0.1) is 0 Å². The van der Waals surface area contributed by atoms with Gasteiger partial charge in [-0.25, -0.2) is 0 Å². The van der Waals surface area contributed by atoms with Gasteiger partial charge in [-0.3, -0.25) is 4.79 Å². The lowest BCUT2D eigenvalue weighted by Gasteiger charge is -2.10. The standard InChI is InChI=1S/C19H20N2O3/c1-23-16-7-6-14-8-10-21(19(22)18(14)13-16)9-3-11-24-17-5-2-4-15(20)12-17/h2,4-8,10,12-13H,3,9,11,20H2,1H3. The van der Waals surface area contributed by atoms with Crippen molar-refractivity contribution in [1.82, 2.24) is 4.57 Å². The van der Waals surface area contributed by atoms with Crippen molar-refractivity contribution in [3.8, 4) is 11.5 Å². The summed E-state index contributed by atoms with van der Waals surface area (Å²) in [7, 11) is 1.59. The Balaban J connectivity index is 1.67. The summed E-state index contributed by atoms with van der Waals surface area (Å²) in [6.07, 6.45) is 2.54. The zero-order valence-electron chi connectivity index (χ0n) is 13.6. The second kappa shape index (κ2) is 7.08. The number of aromatic nitrogens is 1. The van der Waals surface area contributed by atoms with Crippen LogP contribution >= 0.6 is 0 Å². The Bertz CT molecular complexity index is 902. The fraction of sp³-hybridized carbons (Fsp3) is 0.211. The van der Waals surface area contributed by atoms with Crippen molar-refractivity contribution in [3.05, 3.63) is 65.1 Å². The normalized spacial score (nSPS) is 10.7. The second-order valence-corrected chi connectivity index (χ2v) is 5.54. The molecule has 0 aliphatic carbocycles. The van der Waals surface area contributed by atoms with Gasteiger partial charge >= 0.3 is 0 Å². The van der Waals surface area contributed by atoms with Gasteiger partial charge in [0.25, 0.3) is 5.56 Å². The number of hydrogen-bond donors (Lipinski definition) is 1. The minimum absolute atomic E-state index is 0.0182. The van der Waals surface area contributed by atoms with Gasteiger partial charge in [0.1, 0.15) is 11.5 Å². The van der Waals surface area contributed by atoms with Crippen LogP contribution in [-0.2, 0) is 6.54 Å². The maximum atomic E-state index is 12.6. The molecule has 5 nitrogen and oxygen atoms in total. The molecular formula is C19H20N2O3. The van der Waals surface area contributed by atoms with E-state index < -0.39 is 0 Å². The molecule has 0 spiro atoms. The molecule has 0 saturated carbocycles. The van der Waals surface area contributed by atoms with Crippen molar-refractivity contribution in [3.63, 3.8) is 0 Å². The quantitative estimate of drug-likeness (QED) is 0.559. The van der Waals surface area contributed by atoms with Crippen LogP contribution < -0.4 is 20.8 Å². The lowest BCUT2D eigenvalue weighted by Crippen LogP contribution is -2.20. The molecular weight excluding hydrogens is 304 g/mol. The number of aryl methyl sites for hydroxylation is 1. The first-order valence-corrected chi connectivity index (χ1v) is 7.83. The van der Waals surface area contributed by atoms with Crippen LogP contribution in [0.4, 0.5) is 5.69 Å². The molecule has 2 aromatic carbocycles. The van der Waals surface area contributed by atoms with E-state index >= 15 is 0 Å². The number of pyridine rings is 1. The molecule has 1 heterocycles. The highest BCUT2D eigenvalue weighted by Crippen LogP contribution is 2.18. The molecule has 5 heteroatoms. The molecule has 0 aliphatic heterocycles. The van der Waals surface area contributed by atoms with E-state index in [1.165, 1.54) is 0 Å². The van der Waals surface area contributed by atoms with Gasteiger partial charge < -0.3 is 19.8 Å². The maximum Gasteiger partial charge on any atom is 0.258 e. The second-order valence-electron chi connectivity index (χ2n) is 5.54. The van der Waals surface area contributed by atoms with Crippen molar-refractivity contribution in [2.45, 2.75) is 13.0 Å². The highest BCUT2D eigenvalue weighted by molar-refractivity contribution is 5.82. The summed E-state index contributed by atoms with van der Waals surface area (Å²) in [4.78, 5) is 12.6. The number of benzene rings is 2. The summed E-state index contributed by atoms with van der Waals surface area (Å²) in [5.74, 6) is 1.42. The van der Waals surface area contributed by atoms with Gasteiger partial charge in [-0.15, -0.1) is 0 Å². The summed E-state index contributed by atoms with van der Waals surface area (Å²) in [5, 5.41) is 1.57. The number of nitrogens with zero attached hydrogens (tertiary/aromatic N) is 1. The number of fused-ring (bicyclic) bond motifs is 1. The van der Waals surface area contributed by atoms with Gasteiger partial charge in [-0.1, -0.05) is 12.1 Å². The van der Waals surface area contributed by atoms with E-state index in [1.807, 2.05) is 42.6 Å². The predicted molar refractivity (Wildman–Crippen MR) is 95.7 cm³/mol. The van der Waals surface area contributed by atoms with E-state index in [0.717, 1.165) is 17.6 Å². The smallest absolute Gasteiger partial charge is 0.258 e. The molecule has 3 aromatic rings. The average Bonchev–Trinajstić information content (AvgIpc) is 2.60. The molecule has 0 bridgehead atoms. The van der Waals surface area contributed by atoms with Crippen LogP contribution in [0.15, 0.2) is 59.5 Å².